The maximum Gasteiger partial charge on any atom is 0.133 e. The number of hydrogen-bond acceptors (Lipinski definition) is 3. The molecule has 0 bridgehead atoms. The van der Waals surface area contributed by atoms with Gasteiger partial charge in [0.2, 0.25) is 0 Å². The van der Waals surface area contributed by atoms with Crippen LogP contribution in [-0.4, -0.2) is 18.6 Å². The van der Waals surface area contributed by atoms with E-state index in [1.807, 2.05) is 30.5 Å². The van der Waals surface area contributed by atoms with E-state index in [-0.39, 0.29) is 0 Å². The van der Waals surface area contributed by atoms with Crippen LogP contribution in [-0.2, 0) is 13.1 Å². The second-order valence-corrected chi connectivity index (χ2v) is 5.19. The highest BCUT2D eigenvalue weighted by molar-refractivity contribution is 6.30. The second kappa shape index (κ2) is 7.27. The Morgan fingerprint density at radius 1 is 1.25 bits per heavy atom. The molecule has 0 unspecified atom stereocenters. The zero-order valence-electron chi connectivity index (χ0n) is 11.9. The largest absolute Gasteiger partial charge is 0.355 e. The smallest absolute Gasteiger partial charge is 0.133 e. The molecule has 20 heavy (non-hydrogen) atoms. The predicted molar refractivity (Wildman–Crippen MR) is 85.2 cm³/mol. The van der Waals surface area contributed by atoms with Gasteiger partial charge in [0.1, 0.15) is 5.82 Å². The summed E-state index contributed by atoms with van der Waals surface area (Å²) < 4.78 is 0. The van der Waals surface area contributed by atoms with Crippen molar-refractivity contribution in [3.63, 3.8) is 0 Å². The zero-order valence-corrected chi connectivity index (χ0v) is 12.7. The molecular formula is C16H20ClN3. The lowest BCUT2D eigenvalue weighted by Crippen LogP contribution is -2.21. The van der Waals surface area contributed by atoms with Crippen molar-refractivity contribution in [3.8, 4) is 0 Å². The van der Waals surface area contributed by atoms with Crippen molar-refractivity contribution in [1.29, 1.82) is 0 Å². The van der Waals surface area contributed by atoms with Crippen LogP contribution in [0.2, 0.25) is 5.02 Å². The van der Waals surface area contributed by atoms with Crippen LogP contribution in [0.3, 0.4) is 0 Å². The first-order chi connectivity index (χ1) is 9.70. The Bertz CT molecular complexity index is 557. The van der Waals surface area contributed by atoms with E-state index in [9.17, 15) is 0 Å². The van der Waals surface area contributed by atoms with Crippen molar-refractivity contribution >= 4 is 17.4 Å². The monoisotopic (exact) mass is 289 g/mol. The molecule has 2 rings (SSSR count). The first kappa shape index (κ1) is 14.8. The summed E-state index contributed by atoms with van der Waals surface area (Å²) in [5.74, 6) is 1.01. The van der Waals surface area contributed by atoms with Gasteiger partial charge in [0.05, 0.1) is 0 Å². The molecule has 0 amide bonds. The molecule has 1 N–H and O–H groups in total. The number of nitrogens with one attached hydrogen (secondary N) is 1. The van der Waals surface area contributed by atoms with Crippen LogP contribution in [0.25, 0.3) is 0 Å². The molecule has 2 aromatic rings. The molecule has 1 aromatic heterocycles. The maximum atomic E-state index is 6.03. The third-order valence-corrected chi connectivity index (χ3v) is 3.34. The summed E-state index contributed by atoms with van der Waals surface area (Å²) in [5, 5.41) is 4.11. The molecular weight excluding hydrogens is 270 g/mol. The Morgan fingerprint density at radius 2 is 2.10 bits per heavy atom. The molecule has 0 saturated carbocycles. The van der Waals surface area contributed by atoms with Gasteiger partial charge in [-0.1, -0.05) is 36.7 Å². The number of aromatic nitrogens is 1. The van der Waals surface area contributed by atoms with Gasteiger partial charge in [0.25, 0.3) is 0 Å². The topological polar surface area (TPSA) is 28.2 Å². The van der Waals surface area contributed by atoms with Crippen molar-refractivity contribution in [2.24, 2.45) is 0 Å². The van der Waals surface area contributed by atoms with E-state index in [0.29, 0.717) is 0 Å². The first-order valence-corrected chi connectivity index (χ1v) is 7.18. The standard InChI is InChI=1S/C16H20ClN3/c1-3-18-11-14-7-5-9-19-16(14)20(2)12-13-6-4-8-15(17)10-13/h4-10,18H,3,11-12H2,1-2H3. The summed E-state index contributed by atoms with van der Waals surface area (Å²) >= 11 is 6.03. The molecule has 4 heteroatoms. The van der Waals surface area contributed by atoms with Gasteiger partial charge in [-0.25, -0.2) is 4.98 Å². The lowest BCUT2D eigenvalue weighted by atomic mass is 10.2. The summed E-state index contributed by atoms with van der Waals surface area (Å²) in [5.41, 5.74) is 2.39. The van der Waals surface area contributed by atoms with Gasteiger partial charge in [-0.15, -0.1) is 0 Å². The number of halogens is 1. The highest BCUT2D eigenvalue weighted by Gasteiger charge is 2.09. The fourth-order valence-electron chi connectivity index (χ4n) is 2.16. The van der Waals surface area contributed by atoms with E-state index in [1.165, 1.54) is 11.1 Å². The lowest BCUT2D eigenvalue weighted by molar-refractivity contribution is 0.719. The average Bonchev–Trinajstić information content (AvgIpc) is 2.45. The van der Waals surface area contributed by atoms with Crippen LogP contribution >= 0.6 is 11.6 Å². The summed E-state index contributed by atoms with van der Waals surface area (Å²) in [6.45, 7) is 4.67. The lowest BCUT2D eigenvalue weighted by Gasteiger charge is -2.21. The number of benzene rings is 1. The Labute approximate surface area is 125 Å². The molecule has 0 fully saturated rings. The molecule has 0 saturated heterocycles. The van der Waals surface area contributed by atoms with E-state index in [1.54, 1.807) is 0 Å². The summed E-state index contributed by atoms with van der Waals surface area (Å²) in [4.78, 5) is 6.65. The molecule has 0 spiro atoms. The number of nitrogens with zero attached hydrogens (tertiary/aromatic N) is 2. The van der Waals surface area contributed by atoms with Crippen LogP contribution in [0, 0.1) is 0 Å². The highest BCUT2D eigenvalue weighted by Crippen LogP contribution is 2.19. The number of anilines is 1. The second-order valence-electron chi connectivity index (χ2n) is 4.75. The van der Waals surface area contributed by atoms with Crippen LogP contribution < -0.4 is 10.2 Å². The molecule has 0 atom stereocenters. The average molecular weight is 290 g/mol. The minimum Gasteiger partial charge on any atom is -0.355 e. The number of pyridine rings is 1. The Morgan fingerprint density at radius 3 is 2.85 bits per heavy atom. The van der Waals surface area contributed by atoms with Gasteiger partial charge < -0.3 is 10.2 Å². The van der Waals surface area contributed by atoms with E-state index in [0.717, 1.165) is 30.5 Å². The van der Waals surface area contributed by atoms with Crippen molar-refractivity contribution in [1.82, 2.24) is 10.3 Å². The molecule has 0 aliphatic heterocycles. The summed E-state index contributed by atoms with van der Waals surface area (Å²) in [7, 11) is 2.05. The third-order valence-electron chi connectivity index (χ3n) is 3.10. The summed E-state index contributed by atoms with van der Waals surface area (Å²) in [6, 6.07) is 12.0. The Hall–Kier alpha value is -1.58. The summed E-state index contributed by atoms with van der Waals surface area (Å²) in [6.07, 6.45) is 1.83. The fraction of sp³-hybridized carbons (Fsp3) is 0.312. The van der Waals surface area contributed by atoms with E-state index in [4.69, 9.17) is 11.6 Å². The Kier molecular flexibility index (Phi) is 5.39. The number of rotatable bonds is 6. The van der Waals surface area contributed by atoms with Crippen molar-refractivity contribution < 1.29 is 0 Å². The van der Waals surface area contributed by atoms with Gasteiger partial charge in [-0.2, -0.15) is 0 Å². The molecule has 0 aliphatic rings. The molecule has 0 radical (unpaired) electrons. The third kappa shape index (κ3) is 3.95. The number of hydrogen-bond donors (Lipinski definition) is 1. The maximum absolute atomic E-state index is 6.03. The van der Waals surface area contributed by atoms with Gasteiger partial charge >= 0.3 is 0 Å². The molecule has 1 heterocycles. The highest BCUT2D eigenvalue weighted by atomic mass is 35.5. The van der Waals surface area contributed by atoms with E-state index in [2.05, 4.69) is 41.3 Å². The normalized spacial score (nSPS) is 10.6. The Balaban J connectivity index is 2.14. The van der Waals surface area contributed by atoms with Crippen LogP contribution in [0.15, 0.2) is 42.6 Å². The van der Waals surface area contributed by atoms with Gasteiger partial charge in [0.15, 0.2) is 0 Å². The van der Waals surface area contributed by atoms with Gasteiger partial charge in [-0.3, -0.25) is 0 Å². The van der Waals surface area contributed by atoms with Crippen molar-refractivity contribution in [3.05, 3.63) is 58.7 Å². The van der Waals surface area contributed by atoms with E-state index >= 15 is 0 Å². The van der Waals surface area contributed by atoms with Crippen molar-refractivity contribution in [2.45, 2.75) is 20.0 Å². The molecule has 106 valence electrons. The first-order valence-electron chi connectivity index (χ1n) is 6.81. The minimum atomic E-state index is 0.768. The minimum absolute atomic E-state index is 0.768. The predicted octanol–water partition coefficient (Wildman–Crippen LogP) is 3.48. The van der Waals surface area contributed by atoms with Crippen LogP contribution in [0.1, 0.15) is 18.1 Å². The quantitative estimate of drug-likeness (QED) is 0.882. The van der Waals surface area contributed by atoms with Crippen molar-refractivity contribution in [2.75, 3.05) is 18.5 Å². The zero-order chi connectivity index (χ0) is 14.4. The van der Waals surface area contributed by atoms with Gasteiger partial charge in [0, 0.05) is 36.9 Å². The molecule has 3 nitrogen and oxygen atoms in total. The molecule has 0 aliphatic carbocycles. The molecule has 1 aromatic carbocycles. The van der Waals surface area contributed by atoms with E-state index < -0.39 is 0 Å². The fourth-order valence-corrected chi connectivity index (χ4v) is 2.37. The van der Waals surface area contributed by atoms with Crippen LogP contribution in [0.4, 0.5) is 5.82 Å². The van der Waals surface area contributed by atoms with Crippen LogP contribution in [0.5, 0.6) is 0 Å². The SMILES string of the molecule is CCNCc1cccnc1N(C)Cc1cccc(Cl)c1. The van der Waals surface area contributed by atoms with Gasteiger partial charge in [-0.05, 0) is 30.3 Å².